The number of fused-ring (bicyclic) bond motifs is 1. The third-order valence-corrected chi connectivity index (χ3v) is 5.98. The van der Waals surface area contributed by atoms with Gasteiger partial charge in [-0.2, -0.15) is 0 Å². The first kappa shape index (κ1) is 20.2. The van der Waals surface area contributed by atoms with Gasteiger partial charge in [0.05, 0.1) is 5.39 Å². The molecule has 1 aromatic carbocycles. The number of nitrogens with zero attached hydrogens (tertiary/aromatic N) is 4. The number of hydrogen-bond acceptors (Lipinski definition) is 7. The van der Waals surface area contributed by atoms with Crippen LogP contribution in [0.1, 0.15) is 18.5 Å². The number of urea groups is 1. The van der Waals surface area contributed by atoms with Crippen LogP contribution in [0.3, 0.4) is 0 Å². The summed E-state index contributed by atoms with van der Waals surface area (Å²) in [5, 5.41) is 8.18. The predicted octanol–water partition coefficient (Wildman–Crippen LogP) is 2.40. The minimum atomic E-state index is -0.525. The van der Waals surface area contributed by atoms with Crippen LogP contribution in [0.25, 0.3) is 10.2 Å². The van der Waals surface area contributed by atoms with Crippen LogP contribution in [-0.2, 0) is 4.79 Å². The monoisotopic (exact) mass is 424 g/mol. The summed E-state index contributed by atoms with van der Waals surface area (Å²) >= 11 is 1.60. The lowest BCUT2D eigenvalue weighted by Crippen LogP contribution is -2.52. The molecule has 0 aliphatic carbocycles. The number of thiophene rings is 1. The molecule has 1 atom stereocenters. The highest BCUT2D eigenvalue weighted by molar-refractivity contribution is 7.16. The molecule has 156 valence electrons. The Kier molecular flexibility index (Phi) is 6.20. The number of amides is 3. The molecular weight excluding hydrogens is 400 g/mol. The molecule has 2 aromatic heterocycles. The van der Waals surface area contributed by atoms with Gasteiger partial charge in [0.15, 0.2) is 0 Å². The smallest absolute Gasteiger partial charge is 0.321 e. The van der Waals surface area contributed by atoms with Crippen molar-refractivity contribution in [1.29, 1.82) is 0 Å². The van der Waals surface area contributed by atoms with E-state index >= 15 is 0 Å². The summed E-state index contributed by atoms with van der Waals surface area (Å²) in [5.41, 5.74) is 0.870. The Morgan fingerprint density at radius 1 is 1.10 bits per heavy atom. The Labute approximate surface area is 178 Å². The molecule has 0 saturated carbocycles. The molecular formula is C21H24N6O2S. The summed E-state index contributed by atoms with van der Waals surface area (Å²) in [6, 6.07) is 10.6. The highest BCUT2D eigenvalue weighted by atomic mass is 32.1. The maximum Gasteiger partial charge on any atom is 0.321 e. The van der Waals surface area contributed by atoms with Crippen LogP contribution in [0.5, 0.6) is 0 Å². The van der Waals surface area contributed by atoms with E-state index in [0.717, 1.165) is 34.7 Å². The normalized spacial score (nSPS) is 15.7. The number of imide groups is 1. The molecule has 1 unspecified atom stereocenters. The van der Waals surface area contributed by atoms with Crippen molar-refractivity contribution < 1.29 is 9.59 Å². The molecule has 1 aliphatic heterocycles. The average Bonchev–Trinajstić information content (AvgIpc) is 3.24. The largest absolute Gasteiger partial charge is 0.353 e. The number of carbonyl (C=O) groups excluding carboxylic acids is 2. The molecule has 8 nitrogen and oxygen atoms in total. The SMILES string of the molecule is CCNC(=O)NC(=O)C(c1ccccc1)N1CCN(c2ncnc3sccc23)CC1. The minimum absolute atomic E-state index is 0.317. The van der Waals surface area contributed by atoms with Gasteiger partial charge in [0.2, 0.25) is 5.91 Å². The van der Waals surface area contributed by atoms with Crippen molar-refractivity contribution in [2.75, 3.05) is 37.6 Å². The molecule has 1 aliphatic rings. The van der Waals surface area contributed by atoms with Crippen molar-refractivity contribution in [3.8, 4) is 0 Å². The number of nitrogens with one attached hydrogen (secondary N) is 2. The van der Waals surface area contributed by atoms with Crippen LogP contribution in [0.15, 0.2) is 48.1 Å². The van der Waals surface area contributed by atoms with Gasteiger partial charge < -0.3 is 10.2 Å². The standard InChI is InChI=1S/C21H24N6O2S/c1-2-22-21(29)25-19(28)17(15-6-4-3-5-7-15)26-9-11-27(12-10-26)18-16-8-13-30-20(16)24-14-23-18/h3-8,13-14,17H,2,9-12H2,1H3,(H2,22,25,28,29). The molecule has 0 bridgehead atoms. The van der Waals surface area contributed by atoms with E-state index in [1.165, 1.54) is 0 Å². The zero-order valence-electron chi connectivity index (χ0n) is 16.7. The molecule has 9 heteroatoms. The molecule has 3 aromatic rings. The van der Waals surface area contributed by atoms with Crippen LogP contribution < -0.4 is 15.5 Å². The number of rotatable bonds is 5. The molecule has 2 N–H and O–H groups in total. The lowest BCUT2D eigenvalue weighted by Gasteiger charge is -2.39. The number of hydrogen-bond donors (Lipinski definition) is 2. The molecule has 0 spiro atoms. The van der Waals surface area contributed by atoms with Gasteiger partial charge in [-0.15, -0.1) is 11.3 Å². The first-order valence-electron chi connectivity index (χ1n) is 9.98. The van der Waals surface area contributed by atoms with Crippen LogP contribution in [0.4, 0.5) is 10.6 Å². The van der Waals surface area contributed by atoms with E-state index in [2.05, 4.69) is 30.4 Å². The topological polar surface area (TPSA) is 90.5 Å². The van der Waals surface area contributed by atoms with Crippen LogP contribution >= 0.6 is 11.3 Å². The molecule has 30 heavy (non-hydrogen) atoms. The van der Waals surface area contributed by atoms with Gasteiger partial charge in [-0.1, -0.05) is 30.3 Å². The summed E-state index contributed by atoms with van der Waals surface area (Å²) in [7, 11) is 0. The quantitative estimate of drug-likeness (QED) is 0.654. The lowest BCUT2D eigenvalue weighted by atomic mass is 10.0. The summed E-state index contributed by atoms with van der Waals surface area (Å²) in [4.78, 5) is 39.0. The fraction of sp³-hybridized carbons (Fsp3) is 0.333. The van der Waals surface area contributed by atoms with E-state index in [1.807, 2.05) is 48.7 Å². The van der Waals surface area contributed by atoms with E-state index in [-0.39, 0.29) is 5.91 Å². The van der Waals surface area contributed by atoms with Crippen LogP contribution in [0, 0.1) is 0 Å². The maximum absolute atomic E-state index is 13.0. The summed E-state index contributed by atoms with van der Waals surface area (Å²) in [6.45, 7) is 5.11. The van der Waals surface area contributed by atoms with Crippen molar-refractivity contribution in [3.63, 3.8) is 0 Å². The Morgan fingerprint density at radius 2 is 1.87 bits per heavy atom. The number of benzene rings is 1. The molecule has 1 saturated heterocycles. The van der Waals surface area contributed by atoms with Gasteiger partial charge in [-0.3, -0.25) is 15.0 Å². The predicted molar refractivity (Wildman–Crippen MR) is 118 cm³/mol. The highest BCUT2D eigenvalue weighted by Gasteiger charge is 2.32. The number of aromatic nitrogens is 2. The van der Waals surface area contributed by atoms with Crippen molar-refractivity contribution in [2.24, 2.45) is 0 Å². The van der Waals surface area contributed by atoms with Crippen molar-refractivity contribution in [3.05, 3.63) is 53.7 Å². The first-order valence-corrected chi connectivity index (χ1v) is 10.9. The highest BCUT2D eigenvalue weighted by Crippen LogP contribution is 2.29. The third kappa shape index (κ3) is 4.27. The van der Waals surface area contributed by atoms with E-state index < -0.39 is 12.1 Å². The first-order chi connectivity index (χ1) is 14.7. The van der Waals surface area contributed by atoms with Gasteiger partial charge in [-0.05, 0) is 23.9 Å². The molecule has 3 heterocycles. The van der Waals surface area contributed by atoms with Gasteiger partial charge in [0.25, 0.3) is 0 Å². The summed E-state index contributed by atoms with van der Waals surface area (Å²) in [5.74, 6) is 0.617. The second-order valence-corrected chi connectivity index (χ2v) is 7.92. The van der Waals surface area contributed by atoms with Crippen LogP contribution in [-0.4, -0.2) is 59.5 Å². The lowest BCUT2D eigenvalue weighted by molar-refractivity contribution is -0.125. The van der Waals surface area contributed by atoms with E-state index in [1.54, 1.807) is 17.7 Å². The van der Waals surface area contributed by atoms with E-state index in [4.69, 9.17) is 0 Å². The second-order valence-electron chi connectivity index (χ2n) is 7.02. The van der Waals surface area contributed by atoms with Gasteiger partial charge in [0.1, 0.15) is 23.0 Å². The second kappa shape index (κ2) is 9.19. The number of piperazine rings is 1. The minimum Gasteiger partial charge on any atom is -0.353 e. The van der Waals surface area contributed by atoms with Crippen molar-refractivity contribution in [1.82, 2.24) is 25.5 Å². The third-order valence-electron chi connectivity index (χ3n) is 5.16. The Hall–Kier alpha value is -3.04. The average molecular weight is 425 g/mol. The fourth-order valence-electron chi connectivity index (χ4n) is 3.77. The number of carbonyl (C=O) groups is 2. The van der Waals surface area contributed by atoms with Crippen molar-refractivity contribution in [2.45, 2.75) is 13.0 Å². The maximum atomic E-state index is 13.0. The molecule has 3 amide bonds. The zero-order chi connectivity index (χ0) is 20.9. The Balaban J connectivity index is 1.51. The van der Waals surface area contributed by atoms with E-state index in [9.17, 15) is 9.59 Å². The van der Waals surface area contributed by atoms with Gasteiger partial charge in [0, 0.05) is 32.7 Å². The van der Waals surface area contributed by atoms with Crippen LogP contribution in [0.2, 0.25) is 0 Å². The fourth-order valence-corrected chi connectivity index (χ4v) is 4.50. The van der Waals surface area contributed by atoms with E-state index in [0.29, 0.717) is 19.6 Å². The zero-order valence-corrected chi connectivity index (χ0v) is 17.6. The number of anilines is 1. The molecule has 1 fully saturated rings. The van der Waals surface area contributed by atoms with Crippen molar-refractivity contribution >= 4 is 39.3 Å². The van der Waals surface area contributed by atoms with Gasteiger partial charge in [-0.25, -0.2) is 14.8 Å². The Bertz CT molecular complexity index is 1020. The van der Waals surface area contributed by atoms with Gasteiger partial charge >= 0.3 is 6.03 Å². The molecule has 4 rings (SSSR count). The Morgan fingerprint density at radius 3 is 2.60 bits per heavy atom. The molecule has 0 radical (unpaired) electrons. The summed E-state index contributed by atoms with van der Waals surface area (Å²) in [6.07, 6.45) is 1.60. The summed E-state index contributed by atoms with van der Waals surface area (Å²) < 4.78 is 0.